The van der Waals surface area contributed by atoms with E-state index in [4.69, 9.17) is 0 Å². The van der Waals surface area contributed by atoms with Crippen LogP contribution in [0.4, 0.5) is 0 Å². The molecule has 0 unspecified atom stereocenters. The van der Waals surface area contributed by atoms with Crippen LogP contribution in [-0.2, 0) is 4.79 Å². The molecule has 2 N–H and O–H groups in total. The smallest absolute Gasteiger partial charge is 0.227 e. The Bertz CT molecular complexity index is 244. The van der Waals surface area contributed by atoms with Crippen LogP contribution in [0.2, 0.25) is 0 Å². The van der Waals surface area contributed by atoms with Crippen molar-refractivity contribution in [2.45, 2.75) is 6.42 Å². The van der Waals surface area contributed by atoms with Crippen molar-refractivity contribution in [1.29, 1.82) is 0 Å². The Kier molecular flexibility index (Phi) is 2.49. The first-order valence-electron chi connectivity index (χ1n) is 5.30. The van der Waals surface area contributed by atoms with E-state index in [-0.39, 0.29) is 11.3 Å². The Morgan fingerprint density at radius 1 is 1.64 bits per heavy atom. The Morgan fingerprint density at radius 3 is 3.14 bits per heavy atom. The summed E-state index contributed by atoms with van der Waals surface area (Å²) in [6, 6.07) is 0. The predicted molar refractivity (Wildman–Crippen MR) is 55.0 cm³/mol. The highest BCUT2D eigenvalue weighted by molar-refractivity contribution is 5.83. The number of piperidine rings is 1. The minimum absolute atomic E-state index is 0.124. The lowest BCUT2D eigenvalue weighted by Gasteiger charge is -2.40. The lowest BCUT2D eigenvalue weighted by Crippen LogP contribution is -2.53. The highest BCUT2D eigenvalue weighted by atomic mass is 16.2. The van der Waals surface area contributed by atoms with Crippen LogP contribution in [0.1, 0.15) is 6.42 Å². The number of nitrogens with one attached hydrogen (secondary N) is 2. The molecule has 2 atom stereocenters. The molecule has 4 heteroatoms. The second kappa shape index (κ2) is 3.51. The van der Waals surface area contributed by atoms with Gasteiger partial charge in [0.05, 0.1) is 5.41 Å². The van der Waals surface area contributed by atoms with E-state index in [9.17, 15) is 4.79 Å². The van der Waals surface area contributed by atoms with E-state index in [0.29, 0.717) is 5.92 Å². The van der Waals surface area contributed by atoms with Crippen LogP contribution in [0.3, 0.4) is 0 Å². The zero-order valence-corrected chi connectivity index (χ0v) is 8.97. The van der Waals surface area contributed by atoms with Crippen molar-refractivity contribution in [2.75, 3.05) is 40.3 Å². The van der Waals surface area contributed by atoms with Gasteiger partial charge in [0.2, 0.25) is 5.91 Å². The topological polar surface area (TPSA) is 44.4 Å². The molecule has 0 aromatic heterocycles. The Balaban J connectivity index is 2.19. The molecular formula is C10H19N3O. The van der Waals surface area contributed by atoms with Crippen LogP contribution >= 0.6 is 0 Å². The highest BCUT2D eigenvalue weighted by Gasteiger charge is 2.50. The lowest BCUT2D eigenvalue weighted by atomic mass is 9.72. The predicted octanol–water partition coefficient (Wildman–Crippen LogP) is -0.726. The van der Waals surface area contributed by atoms with Gasteiger partial charge in [0.1, 0.15) is 0 Å². The molecule has 0 saturated carbocycles. The van der Waals surface area contributed by atoms with Crippen molar-refractivity contribution in [3.05, 3.63) is 0 Å². The van der Waals surface area contributed by atoms with Crippen LogP contribution in [-0.4, -0.2) is 51.1 Å². The van der Waals surface area contributed by atoms with Crippen molar-refractivity contribution in [3.8, 4) is 0 Å². The van der Waals surface area contributed by atoms with Crippen molar-refractivity contribution >= 4 is 5.91 Å². The number of carbonyl (C=O) groups is 1. The number of nitrogens with zero attached hydrogens (tertiary/aromatic N) is 1. The number of rotatable bonds is 1. The third-order valence-corrected chi connectivity index (χ3v) is 3.76. The summed E-state index contributed by atoms with van der Waals surface area (Å²) in [5.74, 6) is 0.710. The molecule has 80 valence electrons. The molecule has 2 aliphatic rings. The molecule has 0 bridgehead atoms. The van der Waals surface area contributed by atoms with Crippen molar-refractivity contribution in [1.82, 2.24) is 15.5 Å². The summed E-state index contributed by atoms with van der Waals surface area (Å²) in [6.07, 6.45) is 0.987. The number of amides is 1. The largest absolute Gasteiger partial charge is 0.359 e. The normalized spacial score (nSPS) is 38.0. The van der Waals surface area contributed by atoms with Gasteiger partial charge < -0.3 is 15.5 Å². The minimum Gasteiger partial charge on any atom is -0.359 e. The quantitative estimate of drug-likeness (QED) is 0.583. The van der Waals surface area contributed by atoms with Crippen molar-refractivity contribution in [3.63, 3.8) is 0 Å². The van der Waals surface area contributed by atoms with Gasteiger partial charge >= 0.3 is 0 Å². The fourth-order valence-corrected chi connectivity index (χ4v) is 2.83. The van der Waals surface area contributed by atoms with Crippen LogP contribution in [0, 0.1) is 11.3 Å². The summed E-state index contributed by atoms with van der Waals surface area (Å²) in [5.41, 5.74) is -0.124. The molecule has 2 fully saturated rings. The molecular weight excluding hydrogens is 178 g/mol. The number of hydrogen-bond donors (Lipinski definition) is 2. The molecule has 0 aliphatic carbocycles. The van der Waals surface area contributed by atoms with Crippen LogP contribution < -0.4 is 10.6 Å². The number of hydrogen-bond acceptors (Lipinski definition) is 3. The highest BCUT2D eigenvalue weighted by Crippen LogP contribution is 2.38. The molecule has 2 rings (SSSR count). The molecule has 2 aliphatic heterocycles. The maximum absolute atomic E-state index is 11.9. The van der Waals surface area contributed by atoms with Crippen molar-refractivity contribution in [2.24, 2.45) is 11.3 Å². The fraction of sp³-hybridized carbons (Fsp3) is 0.900. The van der Waals surface area contributed by atoms with Gasteiger partial charge in [-0.2, -0.15) is 0 Å². The average Bonchev–Trinajstić information content (AvgIpc) is 2.60. The van der Waals surface area contributed by atoms with Crippen LogP contribution in [0.5, 0.6) is 0 Å². The Labute approximate surface area is 85.0 Å². The summed E-state index contributed by atoms with van der Waals surface area (Å²) in [4.78, 5) is 14.2. The fourth-order valence-electron chi connectivity index (χ4n) is 2.83. The van der Waals surface area contributed by atoms with E-state index in [0.717, 1.165) is 32.6 Å². The third-order valence-electron chi connectivity index (χ3n) is 3.76. The first kappa shape index (κ1) is 9.93. The van der Waals surface area contributed by atoms with Gasteiger partial charge in [-0.25, -0.2) is 0 Å². The minimum atomic E-state index is -0.124. The van der Waals surface area contributed by atoms with E-state index in [1.165, 1.54) is 0 Å². The summed E-state index contributed by atoms with van der Waals surface area (Å²) < 4.78 is 0. The average molecular weight is 197 g/mol. The van der Waals surface area contributed by atoms with Crippen molar-refractivity contribution < 1.29 is 4.79 Å². The summed E-state index contributed by atoms with van der Waals surface area (Å²) in [7, 11) is 3.87. The van der Waals surface area contributed by atoms with Gasteiger partial charge in [0.15, 0.2) is 0 Å². The third kappa shape index (κ3) is 1.33. The van der Waals surface area contributed by atoms with Gasteiger partial charge in [-0.1, -0.05) is 0 Å². The van der Waals surface area contributed by atoms with E-state index < -0.39 is 0 Å². The van der Waals surface area contributed by atoms with E-state index in [2.05, 4.69) is 22.6 Å². The van der Waals surface area contributed by atoms with Gasteiger partial charge in [0.25, 0.3) is 0 Å². The van der Waals surface area contributed by atoms with Crippen LogP contribution in [0.25, 0.3) is 0 Å². The summed E-state index contributed by atoms with van der Waals surface area (Å²) in [6.45, 7) is 3.91. The number of likely N-dealkylation sites (tertiary alicyclic amines) is 1. The maximum atomic E-state index is 11.9. The van der Waals surface area contributed by atoms with Crippen LogP contribution in [0.15, 0.2) is 0 Å². The number of fused-ring (bicyclic) bond motifs is 1. The molecule has 0 aromatic rings. The first-order valence-corrected chi connectivity index (χ1v) is 5.30. The molecule has 4 nitrogen and oxygen atoms in total. The van der Waals surface area contributed by atoms with Gasteiger partial charge in [-0.3, -0.25) is 4.79 Å². The van der Waals surface area contributed by atoms with E-state index in [1.54, 1.807) is 7.05 Å². The molecule has 0 aromatic carbocycles. The standard InChI is InChI=1S/C10H19N3O/c1-11-9(14)10-3-4-13(2)6-8(10)5-12-7-10/h8,12H,3-7H2,1-2H3,(H,11,14)/t8-,10+/m0/s1. The monoisotopic (exact) mass is 197 g/mol. The Morgan fingerprint density at radius 2 is 2.43 bits per heavy atom. The van der Waals surface area contributed by atoms with E-state index in [1.807, 2.05) is 0 Å². The van der Waals surface area contributed by atoms with Gasteiger partial charge in [-0.15, -0.1) is 0 Å². The summed E-state index contributed by atoms with van der Waals surface area (Å²) >= 11 is 0. The van der Waals surface area contributed by atoms with Gasteiger partial charge in [0, 0.05) is 26.7 Å². The molecule has 2 saturated heterocycles. The van der Waals surface area contributed by atoms with E-state index >= 15 is 0 Å². The second-order valence-corrected chi connectivity index (χ2v) is 4.58. The van der Waals surface area contributed by atoms with Gasteiger partial charge in [-0.05, 0) is 25.9 Å². The Hall–Kier alpha value is -0.610. The second-order valence-electron chi connectivity index (χ2n) is 4.58. The molecule has 1 amide bonds. The maximum Gasteiger partial charge on any atom is 0.227 e. The summed E-state index contributed by atoms with van der Waals surface area (Å²) in [5, 5.41) is 6.17. The zero-order chi connectivity index (χ0) is 10.2. The SMILES string of the molecule is CNC(=O)[C@@]12CCN(C)C[C@@H]1CNC2. The molecule has 2 heterocycles. The molecule has 14 heavy (non-hydrogen) atoms. The first-order chi connectivity index (χ1) is 6.69. The lowest BCUT2D eigenvalue weighted by molar-refractivity contribution is -0.134. The molecule has 0 spiro atoms. The molecule has 0 radical (unpaired) electrons. The number of carbonyl (C=O) groups excluding carboxylic acids is 1. The zero-order valence-electron chi connectivity index (χ0n) is 8.97.